The van der Waals surface area contributed by atoms with E-state index in [1.165, 1.54) is 18.5 Å². The Balaban J connectivity index is 1.84. The summed E-state index contributed by atoms with van der Waals surface area (Å²) in [5, 5.41) is 3.57. The van der Waals surface area contributed by atoms with Gasteiger partial charge in [0, 0.05) is 24.7 Å². The van der Waals surface area contributed by atoms with Crippen molar-refractivity contribution in [1.82, 2.24) is 10.2 Å². The van der Waals surface area contributed by atoms with Gasteiger partial charge in [0.1, 0.15) is 5.76 Å². The first-order chi connectivity index (χ1) is 7.66. The van der Waals surface area contributed by atoms with E-state index < -0.39 is 0 Å². The topological polar surface area (TPSA) is 28.4 Å². The zero-order valence-corrected chi connectivity index (χ0v) is 10.5. The van der Waals surface area contributed by atoms with Gasteiger partial charge in [-0.05, 0) is 38.9 Å². The van der Waals surface area contributed by atoms with Crippen LogP contribution in [-0.2, 0) is 6.54 Å². The fraction of sp³-hybridized carbons (Fsp3) is 0.692. The van der Waals surface area contributed by atoms with E-state index >= 15 is 0 Å². The molecule has 0 spiro atoms. The molecule has 1 aliphatic rings. The van der Waals surface area contributed by atoms with Crippen LogP contribution in [0.4, 0.5) is 0 Å². The zero-order chi connectivity index (χ0) is 11.5. The second-order valence-corrected chi connectivity index (χ2v) is 5.03. The summed E-state index contributed by atoms with van der Waals surface area (Å²) in [6.07, 6.45) is 3.08. The SMILES string of the molecule is Cc1occc1CN(C)CC1NCCC1C. The Bertz CT molecular complexity index is 334. The van der Waals surface area contributed by atoms with Crippen LogP contribution >= 0.6 is 0 Å². The second-order valence-electron chi connectivity index (χ2n) is 5.03. The van der Waals surface area contributed by atoms with Crippen LogP contribution in [-0.4, -0.2) is 31.1 Å². The van der Waals surface area contributed by atoms with Crippen LogP contribution < -0.4 is 5.32 Å². The molecule has 16 heavy (non-hydrogen) atoms. The molecule has 1 saturated heterocycles. The Labute approximate surface area is 97.8 Å². The van der Waals surface area contributed by atoms with Gasteiger partial charge in [-0.2, -0.15) is 0 Å². The molecule has 0 saturated carbocycles. The average molecular weight is 222 g/mol. The van der Waals surface area contributed by atoms with E-state index in [-0.39, 0.29) is 0 Å². The van der Waals surface area contributed by atoms with Crippen molar-refractivity contribution in [2.24, 2.45) is 5.92 Å². The number of furan rings is 1. The van der Waals surface area contributed by atoms with E-state index in [2.05, 4.69) is 30.3 Å². The first-order valence-electron chi connectivity index (χ1n) is 6.11. The van der Waals surface area contributed by atoms with E-state index in [1.807, 2.05) is 6.92 Å². The van der Waals surface area contributed by atoms with Gasteiger partial charge in [0.05, 0.1) is 6.26 Å². The molecule has 90 valence electrons. The van der Waals surface area contributed by atoms with E-state index in [4.69, 9.17) is 4.42 Å². The lowest BCUT2D eigenvalue weighted by Gasteiger charge is -2.23. The third kappa shape index (κ3) is 2.66. The van der Waals surface area contributed by atoms with Gasteiger partial charge < -0.3 is 14.6 Å². The van der Waals surface area contributed by atoms with Gasteiger partial charge in [0.2, 0.25) is 0 Å². The second kappa shape index (κ2) is 5.02. The van der Waals surface area contributed by atoms with Crippen molar-refractivity contribution in [2.45, 2.75) is 32.9 Å². The number of hydrogen-bond acceptors (Lipinski definition) is 3. The smallest absolute Gasteiger partial charge is 0.105 e. The van der Waals surface area contributed by atoms with Crippen LogP contribution in [0.25, 0.3) is 0 Å². The minimum absolute atomic E-state index is 0.650. The largest absolute Gasteiger partial charge is 0.469 e. The fourth-order valence-corrected chi connectivity index (χ4v) is 2.41. The minimum Gasteiger partial charge on any atom is -0.469 e. The Hall–Kier alpha value is -0.800. The molecule has 3 nitrogen and oxygen atoms in total. The number of aryl methyl sites for hydroxylation is 1. The van der Waals surface area contributed by atoms with Crippen molar-refractivity contribution in [3.63, 3.8) is 0 Å². The van der Waals surface area contributed by atoms with Gasteiger partial charge in [-0.15, -0.1) is 0 Å². The summed E-state index contributed by atoms with van der Waals surface area (Å²) in [4.78, 5) is 2.37. The molecular formula is C13H22N2O. The summed E-state index contributed by atoms with van der Waals surface area (Å²) in [5.41, 5.74) is 1.30. The lowest BCUT2D eigenvalue weighted by molar-refractivity contribution is 0.270. The number of rotatable bonds is 4. The normalized spacial score (nSPS) is 25.5. The van der Waals surface area contributed by atoms with Gasteiger partial charge in [-0.1, -0.05) is 6.92 Å². The lowest BCUT2D eigenvalue weighted by Crippen LogP contribution is -2.38. The molecule has 2 unspecified atom stereocenters. The Morgan fingerprint density at radius 3 is 2.94 bits per heavy atom. The summed E-state index contributed by atoms with van der Waals surface area (Å²) in [7, 11) is 2.18. The summed E-state index contributed by atoms with van der Waals surface area (Å²) in [6.45, 7) is 7.63. The molecule has 2 atom stereocenters. The molecule has 0 aliphatic carbocycles. The third-order valence-electron chi connectivity index (χ3n) is 3.61. The van der Waals surface area contributed by atoms with Crippen LogP contribution in [0.15, 0.2) is 16.7 Å². The number of likely N-dealkylation sites (N-methyl/N-ethyl adjacent to an activating group) is 1. The van der Waals surface area contributed by atoms with Crippen molar-refractivity contribution in [3.05, 3.63) is 23.7 Å². The van der Waals surface area contributed by atoms with E-state index in [0.717, 1.165) is 24.8 Å². The van der Waals surface area contributed by atoms with Crippen molar-refractivity contribution < 1.29 is 4.42 Å². The number of nitrogens with one attached hydrogen (secondary N) is 1. The lowest BCUT2D eigenvalue weighted by atomic mass is 10.0. The van der Waals surface area contributed by atoms with Gasteiger partial charge in [-0.25, -0.2) is 0 Å². The van der Waals surface area contributed by atoms with Crippen LogP contribution in [0, 0.1) is 12.8 Å². The molecule has 1 fully saturated rings. The standard InChI is InChI=1S/C13H22N2O/c1-10-4-6-14-13(10)9-15(3)8-12-5-7-16-11(12)2/h5,7,10,13-14H,4,6,8-9H2,1-3H3. The maximum atomic E-state index is 5.31. The Morgan fingerprint density at radius 1 is 1.56 bits per heavy atom. The van der Waals surface area contributed by atoms with Gasteiger partial charge in [-0.3, -0.25) is 0 Å². The monoisotopic (exact) mass is 222 g/mol. The van der Waals surface area contributed by atoms with Crippen molar-refractivity contribution in [3.8, 4) is 0 Å². The van der Waals surface area contributed by atoms with Crippen LogP contribution in [0.2, 0.25) is 0 Å². The predicted octanol–water partition coefficient (Wildman–Crippen LogP) is 2.02. The molecule has 0 radical (unpaired) electrons. The molecule has 1 aliphatic heterocycles. The van der Waals surface area contributed by atoms with Crippen molar-refractivity contribution >= 4 is 0 Å². The first-order valence-corrected chi connectivity index (χ1v) is 6.11. The zero-order valence-electron chi connectivity index (χ0n) is 10.5. The maximum Gasteiger partial charge on any atom is 0.105 e. The predicted molar refractivity (Wildman–Crippen MR) is 65.4 cm³/mol. The third-order valence-corrected chi connectivity index (χ3v) is 3.61. The van der Waals surface area contributed by atoms with Crippen LogP contribution in [0.1, 0.15) is 24.7 Å². The van der Waals surface area contributed by atoms with Crippen molar-refractivity contribution in [1.29, 1.82) is 0 Å². The Kier molecular flexibility index (Phi) is 3.66. The summed E-state index contributed by atoms with van der Waals surface area (Å²) in [6, 6.07) is 2.72. The molecule has 0 amide bonds. The molecule has 2 rings (SSSR count). The quantitative estimate of drug-likeness (QED) is 0.845. The minimum atomic E-state index is 0.650. The molecule has 1 aromatic rings. The highest BCUT2D eigenvalue weighted by molar-refractivity contribution is 5.15. The number of hydrogen-bond donors (Lipinski definition) is 1. The molecular weight excluding hydrogens is 200 g/mol. The van der Waals surface area contributed by atoms with E-state index in [9.17, 15) is 0 Å². The molecule has 0 aromatic carbocycles. The summed E-state index contributed by atoms with van der Waals surface area (Å²) in [5.74, 6) is 1.84. The molecule has 1 N–H and O–H groups in total. The highest BCUT2D eigenvalue weighted by Gasteiger charge is 2.23. The number of nitrogens with zero attached hydrogens (tertiary/aromatic N) is 1. The summed E-state index contributed by atoms with van der Waals surface area (Å²) < 4.78 is 5.31. The highest BCUT2D eigenvalue weighted by atomic mass is 16.3. The highest BCUT2D eigenvalue weighted by Crippen LogP contribution is 2.17. The average Bonchev–Trinajstić information content (AvgIpc) is 2.79. The fourth-order valence-electron chi connectivity index (χ4n) is 2.41. The molecule has 1 aromatic heterocycles. The van der Waals surface area contributed by atoms with Crippen LogP contribution in [0.3, 0.4) is 0 Å². The van der Waals surface area contributed by atoms with E-state index in [0.29, 0.717) is 6.04 Å². The molecule has 2 heterocycles. The van der Waals surface area contributed by atoms with Gasteiger partial charge in [0.25, 0.3) is 0 Å². The van der Waals surface area contributed by atoms with Gasteiger partial charge in [0.15, 0.2) is 0 Å². The maximum absolute atomic E-state index is 5.31. The van der Waals surface area contributed by atoms with Gasteiger partial charge >= 0.3 is 0 Å². The molecule has 0 bridgehead atoms. The summed E-state index contributed by atoms with van der Waals surface area (Å²) >= 11 is 0. The van der Waals surface area contributed by atoms with E-state index in [1.54, 1.807) is 6.26 Å². The van der Waals surface area contributed by atoms with Crippen molar-refractivity contribution in [2.75, 3.05) is 20.1 Å². The molecule has 3 heteroatoms. The van der Waals surface area contributed by atoms with Crippen LogP contribution in [0.5, 0.6) is 0 Å². The Morgan fingerprint density at radius 2 is 2.38 bits per heavy atom. The first kappa shape index (κ1) is 11.7.